The first-order valence-electron chi connectivity index (χ1n) is 5.23. The lowest BCUT2D eigenvalue weighted by Crippen LogP contribution is -2.40. The number of anilines is 1. The highest BCUT2D eigenvalue weighted by atomic mass is 32.1. The monoisotopic (exact) mass is 270 g/mol. The molecule has 0 spiro atoms. The maximum Gasteiger partial charge on any atom is 0.338 e. The van der Waals surface area contributed by atoms with Gasteiger partial charge in [-0.05, 0) is 19.9 Å². The summed E-state index contributed by atoms with van der Waals surface area (Å²) in [7, 11) is 0. The number of carboxylic acid groups (broad SMARTS) is 1. The first kappa shape index (κ1) is 14.2. The Labute approximate surface area is 108 Å². The van der Waals surface area contributed by atoms with Crippen molar-refractivity contribution in [3.8, 4) is 0 Å². The van der Waals surface area contributed by atoms with Crippen LogP contribution in [0, 0.1) is 6.92 Å². The van der Waals surface area contributed by atoms with Crippen molar-refractivity contribution in [2.24, 2.45) is 0 Å². The van der Waals surface area contributed by atoms with E-state index < -0.39 is 17.9 Å². The van der Waals surface area contributed by atoms with Gasteiger partial charge in [0, 0.05) is 11.8 Å². The van der Waals surface area contributed by atoms with Crippen LogP contribution in [0.5, 0.6) is 0 Å². The minimum atomic E-state index is -1.10. The van der Waals surface area contributed by atoms with Gasteiger partial charge < -0.3 is 15.7 Å². The number of amides is 2. The van der Waals surface area contributed by atoms with Crippen LogP contribution in [0.1, 0.15) is 29.1 Å². The highest BCUT2D eigenvalue weighted by Gasteiger charge is 2.19. The Hall–Kier alpha value is -1.89. The minimum absolute atomic E-state index is 0.0564. The molecule has 0 bridgehead atoms. The maximum absolute atomic E-state index is 11.7. The molecule has 1 rings (SSSR count). The Kier molecular flexibility index (Phi) is 4.43. The Bertz CT molecular complexity index is 495. The van der Waals surface area contributed by atoms with Crippen molar-refractivity contribution in [3.63, 3.8) is 0 Å². The molecule has 1 aromatic heterocycles. The quantitative estimate of drug-likeness (QED) is 0.766. The number of nitrogens with one attached hydrogen (secondary N) is 2. The molecule has 0 saturated carbocycles. The molecule has 0 aromatic carbocycles. The molecule has 0 aliphatic carbocycles. The molecule has 18 heavy (non-hydrogen) atoms. The second-order valence-corrected chi connectivity index (χ2v) is 5.07. The summed E-state index contributed by atoms with van der Waals surface area (Å²) < 4.78 is 0. The van der Waals surface area contributed by atoms with Crippen LogP contribution in [0.2, 0.25) is 0 Å². The van der Waals surface area contributed by atoms with Gasteiger partial charge in [0.1, 0.15) is 11.0 Å². The van der Waals surface area contributed by atoms with E-state index in [2.05, 4.69) is 10.6 Å². The second kappa shape index (κ2) is 5.63. The molecule has 6 nitrogen and oxygen atoms in total. The van der Waals surface area contributed by atoms with E-state index in [-0.39, 0.29) is 16.5 Å². The average molecular weight is 270 g/mol. The van der Waals surface area contributed by atoms with Gasteiger partial charge in [0.05, 0.1) is 5.56 Å². The van der Waals surface area contributed by atoms with Gasteiger partial charge in [-0.3, -0.25) is 9.59 Å². The fraction of sp³-hybridized carbons (Fsp3) is 0.364. The van der Waals surface area contributed by atoms with E-state index in [0.29, 0.717) is 0 Å². The number of aryl methyl sites for hydroxylation is 1. The summed E-state index contributed by atoms with van der Waals surface area (Å²) in [5.74, 6) is -1.87. The van der Waals surface area contributed by atoms with Crippen molar-refractivity contribution in [1.82, 2.24) is 5.32 Å². The molecule has 0 aliphatic rings. The molecule has 1 heterocycles. The van der Waals surface area contributed by atoms with Crippen LogP contribution in [0.3, 0.4) is 0 Å². The van der Waals surface area contributed by atoms with Crippen LogP contribution in [0.15, 0.2) is 6.07 Å². The number of carbonyl (C=O) groups is 3. The van der Waals surface area contributed by atoms with E-state index in [0.717, 1.165) is 4.88 Å². The molecule has 7 heteroatoms. The number of thiophene rings is 1. The fourth-order valence-electron chi connectivity index (χ4n) is 1.36. The first-order chi connectivity index (χ1) is 8.31. The van der Waals surface area contributed by atoms with Gasteiger partial charge in [-0.2, -0.15) is 0 Å². The Morgan fingerprint density at radius 2 is 2.00 bits per heavy atom. The predicted octanol–water partition coefficient (Wildman–Crippen LogP) is 1.22. The number of carboxylic acids is 1. The van der Waals surface area contributed by atoms with Crippen LogP contribution in [-0.4, -0.2) is 28.9 Å². The molecule has 98 valence electrons. The van der Waals surface area contributed by atoms with Gasteiger partial charge >= 0.3 is 5.97 Å². The number of hydrogen-bond acceptors (Lipinski definition) is 4. The minimum Gasteiger partial charge on any atom is -0.478 e. The topological polar surface area (TPSA) is 95.5 Å². The van der Waals surface area contributed by atoms with Crippen molar-refractivity contribution in [1.29, 1.82) is 0 Å². The van der Waals surface area contributed by atoms with Crippen molar-refractivity contribution >= 4 is 34.1 Å². The van der Waals surface area contributed by atoms with Gasteiger partial charge in [0.25, 0.3) is 0 Å². The summed E-state index contributed by atoms with van der Waals surface area (Å²) in [4.78, 5) is 34.3. The number of rotatable bonds is 4. The van der Waals surface area contributed by atoms with Crippen molar-refractivity contribution in [3.05, 3.63) is 16.5 Å². The highest BCUT2D eigenvalue weighted by molar-refractivity contribution is 7.16. The van der Waals surface area contributed by atoms with E-state index in [1.165, 1.54) is 31.3 Å². The summed E-state index contributed by atoms with van der Waals surface area (Å²) in [6.45, 7) is 4.59. The molecule has 0 saturated heterocycles. The molecule has 0 aliphatic heterocycles. The Balaban J connectivity index is 2.81. The third kappa shape index (κ3) is 3.56. The average Bonchev–Trinajstić information content (AvgIpc) is 2.58. The van der Waals surface area contributed by atoms with E-state index >= 15 is 0 Å². The van der Waals surface area contributed by atoms with Crippen LogP contribution in [-0.2, 0) is 9.59 Å². The lowest BCUT2D eigenvalue weighted by molar-refractivity contribution is -0.124. The van der Waals surface area contributed by atoms with Gasteiger partial charge in [-0.25, -0.2) is 4.79 Å². The SMILES string of the molecule is CC(=O)NC(C)C(=O)Nc1sc(C)cc1C(=O)O. The lowest BCUT2D eigenvalue weighted by atomic mass is 10.2. The zero-order chi connectivity index (χ0) is 13.9. The molecule has 0 fully saturated rings. The van der Waals surface area contributed by atoms with Gasteiger partial charge in [-0.1, -0.05) is 0 Å². The summed E-state index contributed by atoms with van der Waals surface area (Å²) in [6, 6.07) is 0.776. The second-order valence-electron chi connectivity index (χ2n) is 3.82. The standard InChI is InChI=1S/C11H14N2O4S/c1-5-4-8(11(16)17)10(18-5)13-9(15)6(2)12-7(3)14/h4,6H,1-3H3,(H,12,14)(H,13,15)(H,16,17). The molecular weight excluding hydrogens is 256 g/mol. The fourth-order valence-corrected chi connectivity index (χ4v) is 2.26. The van der Waals surface area contributed by atoms with E-state index in [9.17, 15) is 14.4 Å². The van der Waals surface area contributed by atoms with Gasteiger partial charge in [-0.15, -0.1) is 11.3 Å². The number of carbonyl (C=O) groups excluding carboxylic acids is 2. The van der Waals surface area contributed by atoms with Crippen LogP contribution in [0.4, 0.5) is 5.00 Å². The normalized spacial score (nSPS) is 11.7. The van der Waals surface area contributed by atoms with Gasteiger partial charge in [0.2, 0.25) is 11.8 Å². The summed E-state index contributed by atoms with van der Waals surface area (Å²) in [6.07, 6.45) is 0. The van der Waals surface area contributed by atoms with E-state index in [4.69, 9.17) is 5.11 Å². The zero-order valence-electron chi connectivity index (χ0n) is 10.2. The smallest absolute Gasteiger partial charge is 0.338 e. The van der Waals surface area contributed by atoms with E-state index in [1.54, 1.807) is 6.92 Å². The largest absolute Gasteiger partial charge is 0.478 e. The molecule has 1 unspecified atom stereocenters. The summed E-state index contributed by atoms with van der Waals surface area (Å²) >= 11 is 1.18. The molecule has 0 radical (unpaired) electrons. The Morgan fingerprint density at radius 3 is 2.50 bits per heavy atom. The molecule has 1 aromatic rings. The van der Waals surface area contributed by atoms with E-state index in [1.807, 2.05) is 0 Å². The molecule has 2 amide bonds. The predicted molar refractivity (Wildman–Crippen MR) is 67.9 cm³/mol. The van der Waals surface area contributed by atoms with Crippen LogP contribution >= 0.6 is 11.3 Å². The van der Waals surface area contributed by atoms with Crippen LogP contribution < -0.4 is 10.6 Å². The third-order valence-electron chi connectivity index (χ3n) is 2.14. The summed E-state index contributed by atoms with van der Waals surface area (Å²) in [5.41, 5.74) is 0.0564. The molecular formula is C11H14N2O4S. The van der Waals surface area contributed by atoms with Crippen molar-refractivity contribution in [2.75, 3.05) is 5.32 Å². The van der Waals surface area contributed by atoms with Crippen molar-refractivity contribution in [2.45, 2.75) is 26.8 Å². The Morgan fingerprint density at radius 1 is 1.39 bits per heavy atom. The number of aromatic carboxylic acids is 1. The maximum atomic E-state index is 11.7. The van der Waals surface area contributed by atoms with Crippen molar-refractivity contribution < 1.29 is 19.5 Å². The lowest BCUT2D eigenvalue weighted by Gasteiger charge is -2.12. The molecule has 3 N–H and O–H groups in total. The van der Waals surface area contributed by atoms with Crippen LogP contribution in [0.25, 0.3) is 0 Å². The zero-order valence-corrected chi connectivity index (χ0v) is 11.1. The first-order valence-corrected chi connectivity index (χ1v) is 6.04. The highest BCUT2D eigenvalue weighted by Crippen LogP contribution is 2.27. The summed E-state index contributed by atoms with van der Waals surface area (Å²) in [5, 5.41) is 14.2. The van der Waals surface area contributed by atoms with Gasteiger partial charge in [0.15, 0.2) is 0 Å². The number of hydrogen-bond donors (Lipinski definition) is 3. The molecule has 1 atom stereocenters. The third-order valence-corrected chi connectivity index (χ3v) is 3.10.